The molecular weight excluding hydrogens is 376 g/mol. The molecule has 0 saturated heterocycles. The Morgan fingerprint density at radius 1 is 1.07 bits per heavy atom. The normalized spacial score (nSPS) is 12.4. The number of halogens is 1. The first-order valence-electron chi connectivity index (χ1n) is 9.00. The van der Waals surface area contributed by atoms with Crippen molar-refractivity contribution < 1.29 is 15.0 Å². The SMILES string of the molecule is CC(C)(C)c1cc(C=NNc2ccc(Cl)c(C(=O)O)c2)c(O)c(C(C)(C)C)c1. The molecule has 0 aliphatic heterocycles. The zero-order chi connectivity index (χ0) is 21.3. The van der Waals surface area contributed by atoms with Gasteiger partial charge in [0, 0.05) is 11.1 Å². The molecule has 2 aromatic carbocycles. The molecule has 0 unspecified atom stereocenters. The molecule has 0 aliphatic rings. The van der Waals surface area contributed by atoms with Crippen molar-refractivity contribution in [3.8, 4) is 5.75 Å². The Bertz CT molecular complexity index is 923. The summed E-state index contributed by atoms with van der Waals surface area (Å²) in [6.45, 7) is 12.5. The van der Waals surface area contributed by atoms with Crippen molar-refractivity contribution >= 4 is 29.5 Å². The van der Waals surface area contributed by atoms with Crippen molar-refractivity contribution in [1.82, 2.24) is 0 Å². The number of nitrogens with zero attached hydrogens (tertiary/aromatic N) is 1. The Morgan fingerprint density at radius 3 is 2.25 bits per heavy atom. The lowest BCUT2D eigenvalue weighted by atomic mass is 9.79. The van der Waals surface area contributed by atoms with Gasteiger partial charge < -0.3 is 10.2 Å². The number of nitrogens with one attached hydrogen (secondary N) is 1. The lowest BCUT2D eigenvalue weighted by Gasteiger charge is -2.26. The van der Waals surface area contributed by atoms with Crippen molar-refractivity contribution in [2.75, 3.05) is 5.43 Å². The van der Waals surface area contributed by atoms with Crippen LogP contribution in [0.5, 0.6) is 5.75 Å². The number of phenolic OH excluding ortho intramolecular Hbond substituents is 1. The van der Waals surface area contributed by atoms with Crippen LogP contribution in [-0.2, 0) is 10.8 Å². The molecular formula is C22H27ClN2O3. The molecule has 6 heteroatoms. The van der Waals surface area contributed by atoms with Crippen LogP contribution in [-0.4, -0.2) is 22.4 Å². The molecule has 0 fully saturated rings. The number of aromatic hydroxyl groups is 1. The molecule has 0 radical (unpaired) electrons. The number of rotatable bonds is 4. The summed E-state index contributed by atoms with van der Waals surface area (Å²) < 4.78 is 0. The van der Waals surface area contributed by atoms with Gasteiger partial charge in [0.25, 0.3) is 0 Å². The zero-order valence-electron chi connectivity index (χ0n) is 17.1. The first-order chi connectivity index (χ1) is 12.8. The number of hydrogen-bond acceptors (Lipinski definition) is 4. The molecule has 0 saturated carbocycles. The largest absolute Gasteiger partial charge is 0.507 e. The molecule has 0 aliphatic carbocycles. The van der Waals surface area contributed by atoms with Crippen LogP contribution in [0.25, 0.3) is 0 Å². The summed E-state index contributed by atoms with van der Waals surface area (Å²) in [7, 11) is 0. The summed E-state index contributed by atoms with van der Waals surface area (Å²) in [5.74, 6) is -0.920. The van der Waals surface area contributed by atoms with Crippen LogP contribution < -0.4 is 5.43 Å². The average Bonchev–Trinajstić information content (AvgIpc) is 2.55. The van der Waals surface area contributed by atoms with Crippen LogP contribution in [0.1, 0.15) is 68.6 Å². The van der Waals surface area contributed by atoms with Gasteiger partial charge in [0.2, 0.25) is 0 Å². The summed E-state index contributed by atoms with van der Waals surface area (Å²) >= 11 is 5.88. The fourth-order valence-corrected chi connectivity index (χ4v) is 2.89. The molecule has 5 nitrogen and oxygen atoms in total. The number of aromatic carboxylic acids is 1. The van der Waals surface area contributed by atoms with Crippen molar-refractivity contribution in [1.29, 1.82) is 0 Å². The summed E-state index contributed by atoms with van der Waals surface area (Å²) in [6.07, 6.45) is 1.54. The fraction of sp³-hybridized carbons (Fsp3) is 0.364. The quantitative estimate of drug-likeness (QED) is 0.446. The van der Waals surface area contributed by atoms with Gasteiger partial charge in [0.05, 0.1) is 22.5 Å². The molecule has 0 spiro atoms. The van der Waals surface area contributed by atoms with Crippen molar-refractivity contribution in [2.24, 2.45) is 5.10 Å². The van der Waals surface area contributed by atoms with E-state index in [1.807, 2.05) is 12.1 Å². The predicted octanol–water partition coefficient (Wildman–Crippen LogP) is 5.78. The maximum Gasteiger partial charge on any atom is 0.337 e. The monoisotopic (exact) mass is 402 g/mol. The summed E-state index contributed by atoms with van der Waals surface area (Å²) in [5.41, 5.74) is 5.50. The van der Waals surface area contributed by atoms with Crippen LogP contribution >= 0.6 is 11.6 Å². The fourth-order valence-electron chi connectivity index (χ4n) is 2.70. The number of anilines is 1. The highest BCUT2D eigenvalue weighted by atomic mass is 35.5. The first kappa shape index (κ1) is 21.8. The number of carbonyl (C=O) groups is 1. The molecule has 150 valence electrons. The summed E-state index contributed by atoms with van der Waals surface area (Å²) in [4.78, 5) is 11.2. The van der Waals surface area contributed by atoms with Crippen LogP contribution in [0.2, 0.25) is 5.02 Å². The summed E-state index contributed by atoms with van der Waals surface area (Å²) in [6, 6.07) is 8.50. The van der Waals surface area contributed by atoms with E-state index in [0.29, 0.717) is 11.3 Å². The maximum atomic E-state index is 11.2. The van der Waals surface area contributed by atoms with Crippen LogP contribution in [0, 0.1) is 0 Å². The van der Waals surface area contributed by atoms with Crippen molar-refractivity contribution in [3.63, 3.8) is 0 Å². The van der Waals surface area contributed by atoms with Gasteiger partial charge in [-0.15, -0.1) is 0 Å². The number of hydrazone groups is 1. The Labute approximate surface area is 171 Å². The topological polar surface area (TPSA) is 81.9 Å². The number of carboxylic acids is 1. The highest BCUT2D eigenvalue weighted by Crippen LogP contribution is 2.37. The van der Waals surface area contributed by atoms with Gasteiger partial charge in [-0.3, -0.25) is 5.43 Å². The van der Waals surface area contributed by atoms with Gasteiger partial charge in [0.1, 0.15) is 5.75 Å². The minimum Gasteiger partial charge on any atom is -0.507 e. The van der Waals surface area contributed by atoms with E-state index in [1.165, 1.54) is 18.3 Å². The van der Waals surface area contributed by atoms with Crippen molar-refractivity contribution in [3.05, 3.63) is 57.6 Å². The zero-order valence-corrected chi connectivity index (χ0v) is 17.8. The highest BCUT2D eigenvalue weighted by molar-refractivity contribution is 6.33. The van der Waals surface area contributed by atoms with E-state index in [9.17, 15) is 9.90 Å². The van der Waals surface area contributed by atoms with Crippen LogP contribution in [0.15, 0.2) is 35.4 Å². The molecule has 0 aromatic heterocycles. The summed E-state index contributed by atoms with van der Waals surface area (Å²) in [5, 5.41) is 24.2. The minimum absolute atomic E-state index is 0.00513. The Hall–Kier alpha value is -2.53. The van der Waals surface area contributed by atoms with Gasteiger partial charge in [-0.1, -0.05) is 59.2 Å². The van der Waals surface area contributed by atoms with Gasteiger partial charge in [-0.25, -0.2) is 4.79 Å². The second kappa shape index (κ2) is 7.84. The standard InChI is InChI=1S/C22H27ClN2O3/c1-21(2,3)14-9-13(19(26)17(10-14)22(4,5)6)12-24-25-15-7-8-18(23)16(11-15)20(27)28/h7-12,25-26H,1-6H3,(H,27,28). The van der Waals surface area contributed by atoms with E-state index in [-0.39, 0.29) is 27.2 Å². The second-order valence-electron chi connectivity index (χ2n) is 8.83. The van der Waals surface area contributed by atoms with E-state index in [4.69, 9.17) is 16.7 Å². The van der Waals surface area contributed by atoms with Crippen LogP contribution in [0.3, 0.4) is 0 Å². The van der Waals surface area contributed by atoms with E-state index in [1.54, 1.807) is 6.07 Å². The van der Waals surface area contributed by atoms with Crippen molar-refractivity contribution in [2.45, 2.75) is 52.4 Å². The van der Waals surface area contributed by atoms with Gasteiger partial charge >= 0.3 is 5.97 Å². The maximum absolute atomic E-state index is 11.2. The molecule has 3 N–H and O–H groups in total. The number of carboxylic acid groups (broad SMARTS) is 1. The third-order valence-corrected chi connectivity index (χ3v) is 4.74. The van der Waals surface area contributed by atoms with Crippen LogP contribution in [0.4, 0.5) is 5.69 Å². The third-order valence-electron chi connectivity index (χ3n) is 4.41. The molecule has 28 heavy (non-hydrogen) atoms. The second-order valence-corrected chi connectivity index (χ2v) is 9.24. The molecule has 0 bridgehead atoms. The first-order valence-corrected chi connectivity index (χ1v) is 9.38. The molecule has 0 heterocycles. The Kier molecular flexibility index (Phi) is 6.09. The Balaban J connectivity index is 2.40. The van der Waals surface area contributed by atoms with Gasteiger partial charge in [-0.2, -0.15) is 5.10 Å². The molecule has 0 atom stereocenters. The third kappa shape index (κ3) is 5.04. The highest BCUT2D eigenvalue weighted by Gasteiger charge is 2.24. The molecule has 0 amide bonds. The lowest BCUT2D eigenvalue weighted by molar-refractivity contribution is 0.0697. The molecule has 2 rings (SSSR count). The minimum atomic E-state index is -1.11. The number of phenols is 1. The average molecular weight is 403 g/mol. The smallest absolute Gasteiger partial charge is 0.337 e. The van der Waals surface area contributed by atoms with Gasteiger partial charge in [-0.05, 0) is 40.7 Å². The number of hydrogen-bond donors (Lipinski definition) is 3. The molecule has 2 aromatic rings. The number of benzene rings is 2. The van der Waals surface area contributed by atoms with E-state index in [2.05, 4.69) is 52.1 Å². The van der Waals surface area contributed by atoms with E-state index >= 15 is 0 Å². The Morgan fingerprint density at radius 2 is 1.71 bits per heavy atom. The van der Waals surface area contributed by atoms with Gasteiger partial charge in [0.15, 0.2) is 0 Å². The van der Waals surface area contributed by atoms with E-state index in [0.717, 1.165) is 11.1 Å². The lowest BCUT2D eigenvalue weighted by Crippen LogP contribution is -2.17. The van der Waals surface area contributed by atoms with E-state index < -0.39 is 5.97 Å². The predicted molar refractivity (Wildman–Crippen MR) is 115 cm³/mol.